The summed E-state index contributed by atoms with van der Waals surface area (Å²) >= 11 is 0. The van der Waals surface area contributed by atoms with Crippen LogP contribution in [0.3, 0.4) is 0 Å². The smallest absolute Gasteiger partial charge is 0.234 e. The Labute approximate surface area is 143 Å². The van der Waals surface area contributed by atoms with E-state index in [2.05, 4.69) is 13.0 Å². The van der Waals surface area contributed by atoms with Gasteiger partial charge in [0.1, 0.15) is 5.76 Å². The maximum absolute atomic E-state index is 13.6. The number of aliphatic hydroxyl groups excluding tert-OH is 1. The van der Waals surface area contributed by atoms with Gasteiger partial charge in [-0.05, 0) is 30.7 Å². The van der Waals surface area contributed by atoms with Crippen molar-refractivity contribution in [2.24, 2.45) is 5.41 Å². The summed E-state index contributed by atoms with van der Waals surface area (Å²) < 4.78 is 0. The molecule has 1 heterocycles. The molecule has 1 N–H and O–H groups in total. The Morgan fingerprint density at radius 2 is 1.96 bits per heavy atom. The number of nitrogens with zero attached hydrogens (tertiary/aromatic N) is 2. The number of likely N-dealkylation sites (N-methyl/N-ethyl adjacent to an activating group) is 1. The van der Waals surface area contributed by atoms with Gasteiger partial charge >= 0.3 is 0 Å². The van der Waals surface area contributed by atoms with Crippen LogP contribution in [0.2, 0.25) is 0 Å². The van der Waals surface area contributed by atoms with E-state index in [1.165, 1.54) is 0 Å². The number of hydrogen-bond donors (Lipinski definition) is 1. The van der Waals surface area contributed by atoms with Gasteiger partial charge < -0.3 is 10.0 Å². The van der Waals surface area contributed by atoms with Crippen molar-refractivity contribution in [2.75, 3.05) is 13.1 Å². The summed E-state index contributed by atoms with van der Waals surface area (Å²) in [4.78, 5) is 15.5. The summed E-state index contributed by atoms with van der Waals surface area (Å²) in [6, 6.07) is 12.0. The number of allylic oxidation sites excluding steroid dienone is 2. The average molecular weight is 324 g/mol. The molecule has 0 saturated carbocycles. The number of piperidine rings is 1. The van der Waals surface area contributed by atoms with Gasteiger partial charge in [-0.1, -0.05) is 37.3 Å². The van der Waals surface area contributed by atoms with Crippen molar-refractivity contribution in [3.05, 3.63) is 47.2 Å². The van der Waals surface area contributed by atoms with Gasteiger partial charge in [0.05, 0.1) is 17.1 Å². The minimum atomic E-state index is -0.755. The van der Waals surface area contributed by atoms with Gasteiger partial charge in [-0.2, -0.15) is 5.26 Å². The molecule has 0 spiro atoms. The molecule has 1 saturated heterocycles. The van der Waals surface area contributed by atoms with Gasteiger partial charge in [0.2, 0.25) is 5.91 Å². The van der Waals surface area contributed by atoms with E-state index in [1.54, 1.807) is 0 Å². The maximum Gasteiger partial charge on any atom is 0.234 e. The molecule has 1 aliphatic heterocycles. The van der Waals surface area contributed by atoms with Gasteiger partial charge in [-0.25, -0.2) is 0 Å². The molecule has 1 fully saturated rings. The number of fused-ring (bicyclic) bond motifs is 1. The fraction of sp³-hybridized carbons (Fsp3) is 0.500. The molecule has 4 heteroatoms. The summed E-state index contributed by atoms with van der Waals surface area (Å²) in [6.45, 7) is 5.48. The molecule has 3 rings (SSSR count). The Morgan fingerprint density at radius 1 is 1.25 bits per heavy atom. The summed E-state index contributed by atoms with van der Waals surface area (Å²) in [5, 5.41) is 19.9. The minimum absolute atomic E-state index is 0.101. The first-order valence-electron chi connectivity index (χ1n) is 8.70. The minimum Gasteiger partial charge on any atom is -0.511 e. The van der Waals surface area contributed by atoms with Crippen molar-refractivity contribution in [3.63, 3.8) is 0 Å². The molecule has 126 valence electrons. The molecule has 2 aliphatic rings. The Bertz CT molecular complexity index is 719. The molecule has 1 amide bonds. The third-order valence-corrected chi connectivity index (χ3v) is 6.17. The van der Waals surface area contributed by atoms with Crippen LogP contribution in [-0.4, -0.2) is 29.0 Å². The second kappa shape index (κ2) is 5.98. The van der Waals surface area contributed by atoms with E-state index in [4.69, 9.17) is 0 Å². The highest BCUT2D eigenvalue weighted by molar-refractivity contribution is 5.91. The highest BCUT2D eigenvalue weighted by Crippen LogP contribution is 2.59. The predicted octanol–water partition coefficient (Wildman–Crippen LogP) is 3.70. The lowest BCUT2D eigenvalue weighted by atomic mass is 9.49. The fourth-order valence-electron chi connectivity index (χ4n) is 4.72. The van der Waals surface area contributed by atoms with Gasteiger partial charge in [0.15, 0.2) is 0 Å². The molecule has 24 heavy (non-hydrogen) atoms. The molecule has 0 bridgehead atoms. The number of nitriles is 1. The second-order valence-corrected chi connectivity index (χ2v) is 6.93. The number of carbonyl (C=O) groups is 1. The van der Waals surface area contributed by atoms with Gasteiger partial charge in [-0.15, -0.1) is 0 Å². The van der Waals surface area contributed by atoms with Crippen LogP contribution >= 0.6 is 0 Å². The molecule has 2 atom stereocenters. The van der Waals surface area contributed by atoms with Crippen LogP contribution in [0.5, 0.6) is 0 Å². The summed E-state index contributed by atoms with van der Waals surface area (Å²) in [5.41, 5.74) is 0.236. The standard InChI is InChI=1S/C20H24N2O2/c1-3-19-10-11-22(4-2)18(24)20(19,16-8-6-5-7-9-16)12-15(14-21)17(23)13-19/h5-9,23H,3-4,10-13H2,1-2H3/t19-,20?/m0/s1. The zero-order chi connectivity index (χ0) is 17.4. The number of rotatable bonds is 3. The van der Waals surface area contributed by atoms with Crippen LogP contribution in [0.25, 0.3) is 0 Å². The molecule has 1 aliphatic carbocycles. The second-order valence-electron chi connectivity index (χ2n) is 6.93. The Hall–Kier alpha value is -2.28. The van der Waals surface area contributed by atoms with Crippen molar-refractivity contribution < 1.29 is 9.90 Å². The summed E-state index contributed by atoms with van der Waals surface area (Å²) in [5.74, 6) is 0.271. The van der Waals surface area contributed by atoms with Crippen LogP contribution in [0.4, 0.5) is 0 Å². The van der Waals surface area contributed by atoms with Crippen LogP contribution in [-0.2, 0) is 10.2 Å². The predicted molar refractivity (Wildman–Crippen MR) is 92.2 cm³/mol. The zero-order valence-corrected chi connectivity index (χ0v) is 14.4. The van der Waals surface area contributed by atoms with E-state index in [0.29, 0.717) is 31.5 Å². The normalized spacial score (nSPS) is 30.0. The number of carbonyl (C=O) groups excluding carboxylic acids is 1. The van der Waals surface area contributed by atoms with Crippen LogP contribution in [0.1, 0.15) is 45.1 Å². The third kappa shape index (κ3) is 2.07. The SMILES string of the molecule is CCN1CC[C@@]2(CC)CC(O)=C(C#N)CC2(c2ccccc2)C1=O. The molecule has 4 nitrogen and oxygen atoms in total. The molecule has 1 aromatic carbocycles. The van der Waals surface area contributed by atoms with Crippen molar-refractivity contribution in [2.45, 2.75) is 44.9 Å². The molecule has 1 unspecified atom stereocenters. The molecule has 0 aromatic heterocycles. The van der Waals surface area contributed by atoms with E-state index >= 15 is 0 Å². The third-order valence-electron chi connectivity index (χ3n) is 6.17. The fourth-order valence-corrected chi connectivity index (χ4v) is 4.72. The summed E-state index contributed by atoms with van der Waals surface area (Å²) in [6.07, 6.45) is 2.35. The molecular weight excluding hydrogens is 300 g/mol. The average Bonchev–Trinajstić information content (AvgIpc) is 2.62. The Balaban J connectivity index is 2.28. The topological polar surface area (TPSA) is 64.3 Å². The zero-order valence-electron chi connectivity index (χ0n) is 14.4. The van der Waals surface area contributed by atoms with Gasteiger partial charge in [-0.3, -0.25) is 4.79 Å². The van der Waals surface area contributed by atoms with Crippen molar-refractivity contribution in [1.29, 1.82) is 5.26 Å². The maximum atomic E-state index is 13.6. The lowest BCUT2D eigenvalue weighted by Crippen LogP contribution is -2.63. The molecular formula is C20H24N2O2. The van der Waals surface area contributed by atoms with Crippen molar-refractivity contribution in [3.8, 4) is 6.07 Å². The van der Waals surface area contributed by atoms with Crippen molar-refractivity contribution in [1.82, 2.24) is 4.90 Å². The van der Waals surface area contributed by atoms with Crippen LogP contribution < -0.4 is 0 Å². The van der Waals surface area contributed by atoms with Gasteiger partial charge in [0.25, 0.3) is 0 Å². The quantitative estimate of drug-likeness (QED) is 0.922. The van der Waals surface area contributed by atoms with Crippen molar-refractivity contribution >= 4 is 5.91 Å². The monoisotopic (exact) mass is 324 g/mol. The number of likely N-dealkylation sites (tertiary alicyclic amines) is 1. The van der Waals surface area contributed by atoms with Crippen LogP contribution in [0, 0.1) is 16.7 Å². The Morgan fingerprint density at radius 3 is 2.54 bits per heavy atom. The van der Waals surface area contributed by atoms with Gasteiger partial charge in [0, 0.05) is 25.9 Å². The lowest BCUT2D eigenvalue weighted by molar-refractivity contribution is -0.152. The first-order valence-corrected chi connectivity index (χ1v) is 8.70. The van der Waals surface area contributed by atoms with Crippen LogP contribution in [0.15, 0.2) is 41.7 Å². The molecule has 1 aromatic rings. The van der Waals surface area contributed by atoms with E-state index in [-0.39, 0.29) is 17.1 Å². The number of benzene rings is 1. The number of amides is 1. The first kappa shape index (κ1) is 16.6. The van der Waals surface area contributed by atoms with E-state index < -0.39 is 5.41 Å². The first-order chi connectivity index (χ1) is 11.5. The highest BCUT2D eigenvalue weighted by Gasteiger charge is 2.62. The molecule has 0 radical (unpaired) electrons. The lowest BCUT2D eigenvalue weighted by Gasteiger charge is -2.57. The highest BCUT2D eigenvalue weighted by atomic mass is 16.3. The number of hydrogen-bond acceptors (Lipinski definition) is 3. The largest absolute Gasteiger partial charge is 0.511 e. The van der Waals surface area contributed by atoms with E-state index in [9.17, 15) is 15.2 Å². The Kier molecular flexibility index (Phi) is 4.13. The van der Waals surface area contributed by atoms with E-state index in [0.717, 1.165) is 18.4 Å². The van der Waals surface area contributed by atoms with E-state index in [1.807, 2.05) is 42.2 Å². The number of aliphatic hydroxyl groups is 1. The summed E-state index contributed by atoms with van der Waals surface area (Å²) in [7, 11) is 0.